The third-order valence-corrected chi connectivity index (χ3v) is 4.13. The molecule has 0 saturated heterocycles. The maximum absolute atomic E-state index is 13.0. The van der Waals surface area contributed by atoms with Crippen molar-refractivity contribution in [1.82, 2.24) is 0 Å². The van der Waals surface area contributed by atoms with Gasteiger partial charge in [0.05, 0.1) is 5.38 Å². The van der Waals surface area contributed by atoms with E-state index in [9.17, 15) is 4.39 Å². The van der Waals surface area contributed by atoms with E-state index < -0.39 is 0 Å². The predicted molar refractivity (Wildman–Crippen MR) is 72.9 cm³/mol. The smallest absolute Gasteiger partial charge is 0.123 e. The van der Waals surface area contributed by atoms with Crippen molar-refractivity contribution in [2.45, 2.75) is 17.7 Å². The van der Waals surface area contributed by atoms with Gasteiger partial charge in [0.2, 0.25) is 0 Å². The Hall–Kier alpha value is -1.05. The minimum Gasteiger partial charge on any atom is -0.207 e. The number of hydrogen-bond donors (Lipinski definition) is 0. The van der Waals surface area contributed by atoms with Crippen LogP contribution in [0.1, 0.15) is 34.4 Å². The van der Waals surface area contributed by atoms with E-state index in [1.807, 2.05) is 30.3 Å². The lowest BCUT2D eigenvalue weighted by atomic mass is 9.93. The highest BCUT2D eigenvalue weighted by molar-refractivity contribution is 6.30. The van der Waals surface area contributed by atoms with Gasteiger partial charge in [-0.05, 0) is 47.4 Å². The second-order valence-electron chi connectivity index (χ2n) is 4.58. The van der Waals surface area contributed by atoms with Gasteiger partial charge < -0.3 is 0 Å². The van der Waals surface area contributed by atoms with Crippen molar-refractivity contribution in [2.75, 3.05) is 0 Å². The molecule has 0 aliphatic heterocycles. The van der Waals surface area contributed by atoms with E-state index in [0.29, 0.717) is 5.02 Å². The van der Waals surface area contributed by atoms with Crippen molar-refractivity contribution in [3.8, 4) is 0 Å². The lowest BCUT2D eigenvalue weighted by Crippen LogP contribution is -1.96. The van der Waals surface area contributed by atoms with Crippen molar-refractivity contribution in [3.63, 3.8) is 0 Å². The summed E-state index contributed by atoms with van der Waals surface area (Å²) in [6.07, 6.45) is 0.836. The van der Waals surface area contributed by atoms with Gasteiger partial charge in [-0.15, -0.1) is 11.6 Å². The molecule has 3 rings (SSSR count). The fourth-order valence-electron chi connectivity index (χ4n) is 2.60. The van der Waals surface area contributed by atoms with Crippen LogP contribution in [-0.2, 0) is 0 Å². The van der Waals surface area contributed by atoms with Crippen molar-refractivity contribution >= 4 is 23.2 Å². The summed E-state index contributed by atoms with van der Waals surface area (Å²) in [5, 5.41) is 0.721. The van der Waals surface area contributed by atoms with Crippen LogP contribution in [0.15, 0.2) is 42.5 Å². The molecule has 18 heavy (non-hydrogen) atoms. The van der Waals surface area contributed by atoms with Crippen LogP contribution in [0.2, 0.25) is 5.02 Å². The van der Waals surface area contributed by atoms with E-state index in [1.54, 1.807) is 0 Å². The Morgan fingerprint density at radius 3 is 2.44 bits per heavy atom. The van der Waals surface area contributed by atoms with E-state index in [4.69, 9.17) is 23.2 Å². The molecule has 0 bridgehead atoms. The van der Waals surface area contributed by atoms with E-state index >= 15 is 0 Å². The molecule has 0 N–H and O–H groups in total. The first-order valence-corrected chi connectivity index (χ1v) is 6.65. The number of benzene rings is 2. The van der Waals surface area contributed by atoms with Crippen LogP contribution in [0.5, 0.6) is 0 Å². The molecule has 0 radical (unpaired) electrons. The van der Waals surface area contributed by atoms with E-state index in [0.717, 1.165) is 23.1 Å². The molecule has 2 atom stereocenters. The van der Waals surface area contributed by atoms with Gasteiger partial charge in [-0.3, -0.25) is 0 Å². The average molecular weight is 281 g/mol. The van der Waals surface area contributed by atoms with Gasteiger partial charge in [-0.25, -0.2) is 4.39 Å². The number of rotatable bonds is 1. The molecular weight excluding hydrogens is 270 g/mol. The zero-order chi connectivity index (χ0) is 12.7. The molecule has 0 fully saturated rings. The lowest BCUT2D eigenvalue weighted by molar-refractivity contribution is 0.626. The van der Waals surface area contributed by atoms with Crippen molar-refractivity contribution < 1.29 is 4.39 Å². The molecule has 2 aromatic carbocycles. The van der Waals surface area contributed by atoms with Gasteiger partial charge in [0.15, 0.2) is 0 Å². The molecule has 0 nitrogen and oxygen atoms in total. The third kappa shape index (κ3) is 2.02. The van der Waals surface area contributed by atoms with Crippen LogP contribution in [0.4, 0.5) is 4.39 Å². The molecule has 0 amide bonds. The maximum Gasteiger partial charge on any atom is 0.123 e. The maximum atomic E-state index is 13.0. The quantitative estimate of drug-likeness (QED) is 0.623. The Bertz CT molecular complexity index is 578. The molecular formula is C15H11Cl2F. The van der Waals surface area contributed by atoms with Gasteiger partial charge in [-0.2, -0.15) is 0 Å². The van der Waals surface area contributed by atoms with Crippen molar-refractivity contribution in [1.29, 1.82) is 0 Å². The summed E-state index contributed by atoms with van der Waals surface area (Å²) < 4.78 is 13.0. The molecule has 1 aliphatic rings. The molecule has 0 spiro atoms. The fourth-order valence-corrected chi connectivity index (χ4v) is 3.16. The van der Waals surface area contributed by atoms with Gasteiger partial charge in [0, 0.05) is 10.9 Å². The Morgan fingerprint density at radius 2 is 1.72 bits per heavy atom. The van der Waals surface area contributed by atoms with E-state index in [-0.39, 0.29) is 17.1 Å². The summed E-state index contributed by atoms with van der Waals surface area (Å²) in [6.45, 7) is 0. The standard InChI is InChI=1S/C15H11Cl2F/c16-10-3-6-12-14(7-10)13(8-15(12)17)9-1-4-11(18)5-2-9/h1-7,13,15H,8H2. The molecule has 2 unspecified atom stereocenters. The SMILES string of the molecule is Fc1ccc(C2CC(Cl)c3ccc(Cl)cc32)cc1. The van der Waals surface area contributed by atoms with E-state index in [1.165, 1.54) is 12.1 Å². The Morgan fingerprint density at radius 1 is 1.00 bits per heavy atom. The predicted octanol–water partition coefficient (Wildman–Crippen LogP) is 5.29. The van der Waals surface area contributed by atoms with Gasteiger partial charge in [0.1, 0.15) is 5.82 Å². The number of alkyl halides is 1. The van der Waals surface area contributed by atoms with Gasteiger partial charge in [0.25, 0.3) is 0 Å². The minimum absolute atomic E-state index is 0.00678. The fraction of sp³-hybridized carbons (Fsp3) is 0.200. The first-order chi connectivity index (χ1) is 8.65. The first-order valence-electron chi connectivity index (χ1n) is 5.84. The topological polar surface area (TPSA) is 0 Å². The van der Waals surface area contributed by atoms with Crippen LogP contribution >= 0.6 is 23.2 Å². The van der Waals surface area contributed by atoms with Crippen LogP contribution < -0.4 is 0 Å². The first kappa shape index (κ1) is 12.0. The molecule has 3 heteroatoms. The highest BCUT2D eigenvalue weighted by Crippen LogP contribution is 2.47. The molecule has 0 aromatic heterocycles. The number of halogens is 3. The summed E-state index contributed by atoms with van der Waals surface area (Å²) in [6, 6.07) is 12.4. The molecule has 0 heterocycles. The summed E-state index contributed by atoms with van der Waals surface area (Å²) in [7, 11) is 0. The molecule has 2 aromatic rings. The molecule has 1 aliphatic carbocycles. The summed E-state index contributed by atoms with van der Waals surface area (Å²) in [5.74, 6) is -0.00714. The van der Waals surface area contributed by atoms with Crippen LogP contribution in [-0.4, -0.2) is 0 Å². The van der Waals surface area contributed by atoms with Crippen molar-refractivity contribution in [3.05, 3.63) is 70.0 Å². The average Bonchev–Trinajstić information content (AvgIpc) is 2.67. The largest absolute Gasteiger partial charge is 0.207 e. The second-order valence-corrected chi connectivity index (χ2v) is 5.54. The summed E-state index contributed by atoms with van der Waals surface area (Å²) >= 11 is 12.4. The van der Waals surface area contributed by atoms with Gasteiger partial charge in [-0.1, -0.05) is 29.8 Å². The summed E-state index contributed by atoms with van der Waals surface area (Å²) in [5.41, 5.74) is 3.38. The van der Waals surface area contributed by atoms with Crippen molar-refractivity contribution in [2.24, 2.45) is 0 Å². The highest BCUT2D eigenvalue weighted by atomic mass is 35.5. The molecule has 0 saturated carbocycles. The summed E-state index contributed by atoms with van der Waals surface area (Å²) in [4.78, 5) is 0. The normalized spacial score (nSPS) is 21.9. The van der Waals surface area contributed by atoms with Crippen LogP contribution in [0, 0.1) is 5.82 Å². The zero-order valence-corrected chi connectivity index (χ0v) is 11.0. The monoisotopic (exact) mass is 280 g/mol. The minimum atomic E-state index is -0.217. The number of hydrogen-bond acceptors (Lipinski definition) is 0. The Labute approximate surface area is 115 Å². The second kappa shape index (κ2) is 4.56. The van der Waals surface area contributed by atoms with E-state index in [2.05, 4.69) is 0 Å². The Balaban J connectivity index is 2.06. The lowest BCUT2D eigenvalue weighted by Gasteiger charge is -2.12. The third-order valence-electron chi connectivity index (χ3n) is 3.48. The van der Waals surface area contributed by atoms with Crippen LogP contribution in [0.3, 0.4) is 0 Å². The highest BCUT2D eigenvalue weighted by Gasteiger charge is 2.30. The molecule has 92 valence electrons. The van der Waals surface area contributed by atoms with Gasteiger partial charge >= 0.3 is 0 Å². The Kier molecular flexibility index (Phi) is 3.04. The zero-order valence-electron chi connectivity index (χ0n) is 9.54. The number of fused-ring (bicyclic) bond motifs is 1. The van der Waals surface area contributed by atoms with Crippen LogP contribution in [0.25, 0.3) is 0 Å².